The van der Waals surface area contributed by atoms with E-state index in [-0.39, 0.29) is 18.3 Å². The predicted octanol–water partition coefficient (Wildman–Crippen LogP) is 2.65. The van der Waals surface area contributed by atoms with E-state index in [9.17, 15) is 4.79 Å². The Morgan fingerprint density at radius 3 is 2.68 bits per heavy atom. The normalized spacial score (nSPS) is 16.9. The van der Waals surface area contributed by atoms with E-state index in [0.717, 1.165) is 38.1 Å². The number of aryl methyl sites for hydroxylation is 1. The molecule has 1 fully saturated rings. The van der Waals surface area contributed by atoms with Gasteiger partial charge >= 0.3 is 0 Å². The van der Waals surface area contributed by atoms with Crippen molar-refractivity contribution in [1.29, 1.82) is 0 Å². The van der Waals surface area contributed by atoms with Gasteiger partial charge < -0.3 is 15.0 Å². The van der Waals surface area contributed by atoms with Crippen LogP contribution in [0.25, 0.3) is 0 Å². The van der Waals surface area contributed by atoms with Crippen molar-refractivity contribution < 1.29 is 9.53 Å². The van der Waals surface area contributed by atoms with E-state index in [0.29, 0.717) is 12.5 Å². The summed E-state index contributed by atoms with van der Waals surface area (Å²) in [5, 5.41) is 3.38. The van der Waals surface area contributed by atoms with Gasteiger partial charge in [-0.25, -0.2) is 0 Å². The first-order chi connectivity index (χ1) is 10.2. The number of hydrogen-bond acceptors (Lipinski definition) is 3. The zero-order valence-electron chi connectivity index (χ0n) is 13.5. The van der Waals surface area contributed by atoms with Crippen LogP contribution in [0.1, 0.15) is 31.2 Å². The molecule has 1 heterocycles. The fourth-order valence-electron chi connectivity index (χ4n) is 2.73. The third kappa shape index (κ3) is 5.85. The number of benzene rings is 1. The number of ether oxygens (including phenoxy) is 1. The molecule has 0 aliphatic carbocycles. The molecule has 4 nitrogen and oxygen atoms in total. The molecule has 124 valence electrons. The molecule has 5 heteroatoms. The first-order valence-electron chi connectivity index (χ1n) is 7.79. The van der Waals surface area contributed by atoms with Gasteiger partial charge in [0.05, 0.1) is 7.11 Å². The SMILES string of the molecule is COc1ccc(CCCN(C)C(=O)CC2CCCN2)cc1.Cl. The minimum atomic E-state index is 0. The summed E-state index contributed by atoms with van der Waals surface area (Å²) < 4.78 is 5.15. The Bertz CT molecular complexity index is 444. The molecule has 0 bridgehead atoms. The van der Waals surface area contributed by atoms with Gasteiger partial charge in [0, 0.05) is 26.1 Å². The van der Waals surface area contributed by atoms with Crippen LogP contribution in [0.15, 0.2) is 24.3 Å². The van der Waals surface area contributed by atoms with Crippen LogP contribution in [0, 0.1) is 0 Å². The highest BCUT2D eigenvalue weighted by molar-refractivity contribution is 5.85. The second kappa shape index (κ2) is 9.70. The second-order valence-electron chi connectivity index (χ2n) is 5.76. The Morgan fingerprint density at radius 2 is 2.09 bits per heavy atom. The monoisotopic (exact) mass is 326 g/mol. The molecule has 1 unspecified atom stereocenters. The third-order valence-corrected chi connectivity index (χ3v) is 4.13. The Kier molecular flexibility index (Phi) is 8.28. The number of rotatable bonds is 7. The van der Waals surface area contributed by atoms with Crippen molar-refractivity contribution in [2.45, 2.75) is 38.1 Å². The molecule has 0 saturated carbocycles. The van der Waals surface area contributed by atoms with Crippen LogP contribution >= 0.6 is 12.4 Å². The average molecular weight is 327 g/mol. The minimum Gasteiger partial charge on any atom is -0.497 e. The highest BCUT2D eigenvalue weighted by Crippen LogP contribution is 2.13. The summed E-state index contributed by atoms with van der Waals surface area (Å²) >= 11 is 0. The lowest BCUT2D eigenvalue weighted by molar-refractivity contribution is -0.130. The summed E-state index contributed by atoms with van der Waals surface area (Å²) in [6.07, 6.45) is 4.94. The third-order valence-electron chi connectivity index (χ3n) is 4.13. The number of nitrogens with zero attached hydrogens (tertiary/aromatic N) is 1. The molecule has 22 heavy (non-hydrogen) atoms. The maximum absolute atomic E-state index is 12.1. The number of carbonyl (C=O) groups is 1. The van der Waals surface area contributed by atoms with Crippen LogP contribution in [0.4, 0.5) is 0 Å². The van der Waals surface area contributed by atoms with E-state index in [1.165, 1.54) is 12.0 Å². The fourth-order valence-corrected chi connectivity index (χ4v) is 2.73. The van der Waals surface area contributed by atoms with Crippen LogP contribution in [-0.4, -0.2) is 44.1 Å². The molecular formula is C17H27ClN2O2. The van der Waals surface area contributed by atoms with Crippen LogP contribution in [0.5, 0.6) is 5.75 Å². The van der Waals surface area contributed by atoms with Gasteiger partial charge in [0.1, 0.15) is 5.75 Å². The van der Waals surface area contributed by atoms with Gasteiger partial charge in [-0.05, 0) is 49.9 Å². The summed E-state index contributed by atoms with van der Waals surface area (Å²) in [5.74, 6) is 1.14. The Labute approximate surface area is 139 Å². The molecule has 1 aliphatic heterocycles. The molecule has 1 amide bonds. The Hall–Kier alpha value is -1.26. The summed E-state index contributed by atoms with van der Waals surface area (Å²) in [4.78, 5) is 14.0. The second-order valence-corrected chi connectivity index (χ2v) is 5.76. The molecule has 1 aromatic rings. The standard InChI is InChI=1S/C17H26N2O2.ClH/c1-19(17(20)13-15-6-3-11-18-15)12-4-5-14-7-9-16(21-2)10-8-14;/h7-10,15,18H,3-6,11-13H2,1-2H3;1H. The zero-order valence-corrected chi connectivity index (χ0v) is 14.3. The van der Waals surface area contributed by atoms with Gasteiger partial charge in [0.15, 0.2) is 0 Å². The highest BCUT2D eigenvalue weighted by atomic mass is 35.5. The molecule has 0 radical (unpaired) electrons. The summed E-state index contributed by atoms with van der Waals surface area (Å²) in [7, 11) is 3.58. The molecule has 1 aromatic carbocycles. The first-order valence-corrected chi connectivity index (χ1v) is 7.79. The van der Waals surface area contributed by atoms with Crippen molar-refractivity contribution in [3.05, 3.63) is 29.8 Å². The summed E-state index contributed by atoms with van der Waals surface area (Å²) in [5.41, 5.74) is 1.29. The average Bonchev–Trinajstić information content (AvgIpc) is 3.00. The van der Waals surface area contributed by atoms with Gasteiger partial charge in [-0.1, -0.05) is 12.1 Å². The van der Waals surface area contributed by atoms with Gasteiger partial charge in [0.25, 0.3) is 0 Å². The maximum Gasteiger partial charge on any atom is 0.223 e. The lowest BCUT2D eigenvalue weighted by Gasteiger charge is -2.19. The lowest BCUT2D eigenvalue weighted by Crippen LogP contribution is -2.34. The van der Waals surface area contributed by atoms with E-state index < -0.39 is 0 Å². The van der Waals surface area contributed by atoms with E-state index in [1.54, 1.807) is 7.11 Å². The zero-order chi connectivity index (χ0) is 15.1. The van der Waals surface area contributed by atoms with E-state index in [1.807, 2.05) is 24.1 Å². The predicted molar refractivity (Wildman–Crippen MR) is 91.8 cm³/mol. The van der Waals surface area contributed by atoms with Crippen LogP contribution in [0.2, 0.25) is 0 Å². The van der Waals surface area contributed by atoms with Crippen molar-refractivity contribution in [3.8, 4) is 5.75 Å². The fraction of sp³-hybridized carbons (Fsp3) is 0.588. The number of halogens is 1. The minimum absolute atomic E-state index is 0. The molecule has 1 atom stereocenters. The Balaban J connectivity index is 0.00000242. The van der Waals surface area contributed by atoms with Crippen molar-refractivity contribution in [3.63, 3.8) is 0 Å². The van der Waals surface area contributed by atoms with Crippen molar-refractivity contribution in [2.24, 2.45) is 0 Å². The Morgan fingerprint density at radius 1 is 1.36 bits per heavy atom. The molecule has 0 spiro atoms. The number of carbonyl (C=O) groups excluding carboxylic acids is 1. The number of amides is 1. The molecule has 1 saturated heterocycles. The van der Waals surface area contributed by atoms with Gasteiger partial charge in [0.2, 0.25) is 5.91 Å². The molecule has 2 rings (SSSR count). The molecule has 1 N–H and O–H groups in total. The maximum atomic E-state index is 12.1. The number of nitrogens with one attached hydrogen (secondary N) is 1. The van der Waals surface area contributed by atoms with Crippen LogP contribution < -0.4 is 10.1 Å². The van der Waals surface area contributed by atoms with Crippen molar-refractivity contribution >= 4 is 18.3 Å². The summed E-state index contributed by atoms with van der Waals surface area (Å²) in [6.45, 7) is 1.87. The summed E-state index contributed by atoms with van der Waals surface area (Å²) in [6, 6.07) is 8.53. The highest BCUT2D eigenvalue weighted by Gasteiger charge is 2.19. The molecule has 0 aromatic heterocycles. The van der Waals surface area contributed by atoms with E-state index >= 15 is 0 Å². The molecule has 1 aliphatic rings. The number of hydrogen-bond donors (Lipinski definition) is 1. The first kappa shape index (κ1) is 18.8. The largest absolute Gasteiger partial charge is 0.497 e. The van der Waals surface area contributed by atoms with Crippen molar-refractivity contribution in [2.75, 3.05) is 27.2 Å². The van der Waals surface area contributed by atoms with Crippen molar-refractivity contribution in [1.82, 2.24) is 10.2 Å². The van der Waals surface area contributed by atoms with Gasteiger partial charge in [-0.2, -0.15) is 0 Å². The topological polar surface area (TPSA) is 41.6 Å². The molecular weight excluding hydrogens is 300 g/mol. The number of methoxy groups -OCH3 is 1. The van der Waals surface area contributed by atoms with Crippen LogP contribution in [-0.2, 0) is 11.2 Å². The van der Waals surface area contributed by atoms with Gasteiger partial charge in [-0.3, -0.25) is 4.79 Å². The van der Waals surface area contributed by atoms with Gasteiger partial charge in [-0.15, -0.1) is 12.4 Å². The van der Waals surface area contributed by atoms with E-state index in [2.05, 4.69) is 17.4 Å². The lowest BCUT2D eigenvalue weighted by atomic mass is 10.1. The quantitative estimate of drug-likeness (QED) is 0.837. The smallest absolute Gasteiger partial charge is 0.223 e. The van der Waals surface area contributed by atoms with E-state index in [4.69, 9.17) is 4.74 Å². The van der Waals surface area contributed by atoms with Crippen LogP contribution in [0.3, 0.4) is 0 Å².